The van der Waals surface area contributed by atoms with Gasteiger partial charge in [0.15, 0.2) is 5.90 Å². The minimum Gasteiger partial charge on any atom is -0.484 e. The minimum atomic E-state index is 0.569. The van der Waals surface area contributed by atoms with Gasteiger partial charge in [0.1, 0.15) is 0 Å². The molecule has 0 fully saturated rings. The summed E-state index contributed by atoms with van der Waals surface area (Å²) in [6.07, 6.45) is 1.77. The summed E-state index contributed by atoms with van der Waals surface area (Å²) in [5, 5.41) is 0. The summed E-state index contributed by atoms with van der Waals surface area (Å²) in [4.78, 5) is 3.97. The molecular formula is C7H13NO2. The van der Waals surface area contributed by atoms with E-state index in [1.807, 2.05) is 6.92 Å². The fourth-order valence-corrected chi connectivity index (χ4v) is 0.429. The van der Waals surface area contributed by atoms with Gasteiger partial charge in [0.05, 0.1) is 14.2 Å². The molecule has 3 nitrogen and oxygen atoms in total. The van der Waals surface area contributed by atoms with Crippen molar-refractivity contribution in [3.05, 3.63) is 12.0 Å². The van der Waals surface area contributed by atoms with E-state index in [0.717, 1.165) is 0 Å². The first kappa shape index (κ1) is 9.01. The average molecular weight is 143 g/mol. The maximum Gasteiger partial charge on any atom is 0.211 e. The maximum absolute atomic E-state index is 4.87. The van der Waals surface area contributed by atoms with Crippen molar-refractivity contribution >= 4 is 5.90 Å². The first-order chi connectivity index (χ1) is 4.74. The van der Waals surface area contributed by atoms with Crippen molar-refractivity contribution in [2.24, 2.45) is 4.99 Å². The zero-order chi connectivity index (χ0) is 7.98. The molecule has 10 heavy (non-hydrogen) atoms. The third-order valence-corrected chi connectivity index (χ3v) is 1.02. The van der Waals surface area contributed by atoms with E-state index in [1.54, 1.807) is 27.2 Å². The van der Waals surface area contributed by atoms with Crippen molar-refractivity contribution in [3.63, 3.8) is 0 Å². The van der Waals surface area contributed by atoms with Crippen LogP contribution in [0.1, 0.15) is 13.8 Å². The van der Waals surface area contributed by atoms with Crippen LogP contribution in [-0.4, -0.2) is 20.1 Å². The number of hydrogen-bond acceptors (Lipinski definition) is 3. The van der Waals surface area contributed by atoms with Gasteiger partial charge in [-0.3, -0.25) is 0 Å². The van der Waals surface area contributed by atoms with E-state index >= 15 is 0 Å². The molecule has 0 aliphatic rings. The predicted molar refractivity (Wildman–Crippen MR) is 40.9 cm³/mol. The molecule has 0 aromatic carbocycles. The number of ether oxygens (including phenoxy) is 2. The molecule has 0 heterocycles. The van der Waals surface area contributed by atoms with Gasteiger partial charge in [-0.25, -0.2) is 0 Å². The Morgan fingerprint density at radius 2 is 1.90 bits per heavy atom. The molecule has 0 rings (SSSR count). The highest BCUT2D eigenvalue weighted by Crippen LogP contribution is 1.97. The lowest BCUT2D eigenvalue weighted by Crippen LogP contribution is -1.95. The van der Waals surface area contributed by atoms with Crippen LogP contribution in [0.3, 0.4) is 0 Å². The van der Waals surface area contributed by atoms with Crippen molar-refractivity contribution in [2.45, 2.75) is 13.8 Å². The highest BCUT2D eigenvalue weighted by molar-refractivity contribution is 5.73. The lowest BCUT2D eigenvalue weighted by atomic mass is 10.6. The normalized spacial score (nSPS) is 13.2. The van der Waals surface area contributed by atoms with E-state index in [4.69, 9.17) is 9.47 Å². The second-order valence-electron chi connectivity index (χ2n) is 1.67. The summed E-state index contributed by atoms with van der Waals surface area (Å²) in [5.41, 5.74) is 0. The summed E-state index contributed by atoms with van der Waals surface area (Å²) in [5.74, 6) is 1.16. The lowest BCUT2D eigenvalue weighted by Gasteiger charge is -2.00. The fraction of sp³-hybridized carbons (Fsp3) is 0.571. The van der Waals surface area contributed by atoms with Crippen molar-refractivity contribution in [1.82, 2.24) is 0 Å². The predicted octanol–water partition coefficient (Wildman–Crippen LogP) is 1.56. The second-order valence-corrected chi connectivity index (χ2v) is 1.67. The zero-order valence-electron chi connectivity index (χ0n) is 6.84. The topological polar surface area (TPSA) is 30.8 Å². The first-order valence-corrected chi connectivity index (χ1v) is 3.04. The van der Waals surface area contributed by atoms with Crippen LogP contribution in [0.25, 0.3) is 0 Å². The quantitative estimate of drug-likeness (QED) is 0.333. The monoisotopic (exact) mass is 143 g/mol. The Morgan fingerprint density at radius 3 is 2.20 bits per heavy atom. The molecule has 0 aromatic rings. The minimum absolute atomic E-state index is 0.569. The van der Waals surface area contributed by atoms with E-state index in [9.17, 15) is 0 Å². The van der Waals surface area contributed by atoms with Crippen LogP contribution in [0.4, 0.5) is 0 Å². The Morgan fingerprint density at radius 1 is 1.30 bits per heavy atom. The largest absolute Gasteiger partial charge is 0.484 e. The molecular weight excluding hydrogens is 130 g/mol. The summed E-state index contributed by atoms with van der Waals surface area (Å²) in [7, 11) is 3.14. The Hall–Kier alpha value is -0.990. The number of hydrogen-bond donors (Lipinski definition) is 0. The van der Waals surface area contributed by atoms with Crippen LogP contribution in [0.15, 0.2) is 17.0 Å². The highest BCUT2D eigenvalue weighted by Gasteiger charge is 1.90. The molecule has 0 saturated heterocycles. The second kappa shape index (κ2) is 4.85. The van der Waals surface area contributed by atoms with Crippen molar-refractivity contribution < 1.29 is 9.47 Å². The maximum atomic E-state index is 4.87. The zero-order valence-corrected chi connectivity index (χ0v) is 6.84. The van der Waals surface area contributed by atoms with Crippen molar-refractivity contribution in [3.8, 4) is 0 Å². The van der Waals surface area contributed by atoms with E-state index in [1.165, 1.54) is 0 Å². The molecule has 0 bridgehead atoms. The average Bonchev–Trinajstić information content (AvgIpc) is 1.99. The van der Waals surface area contributed by atoms with E-state index in [-0.39, 0.29) is 0 Å². The van der Waals surface area contributed by atoms with Gasteiger partial charge in [0, 0.05) is 6.92 Å². The highest BCUT2D eigenvalue weighted by atomic mass is 16.5. The standard InChI is InChI=1S/C7H13NO2/c1-5-7(10-4)8-6(2)9-3/h5H,1-4H3/b7-5+,8-6?. The SMILES string of the molecule is C/C=C(\N=C(C)OC)OC. The molecule has 0 atom stereocenters. The van der Waals surface area contributed by atoms with Gasteiger partial charge in [-0.1, -0.05) is 0 Å². The third-order valence-electron chi connectivity index (χ3n) is 1.02. The number of allylic oxidation sites excluding steroid dienone is 1. The summed E-state index contributed by atoms with van der Waals surface area (Å²) in [6.45, 7) is 3.62. The molecule has 0 aromatic heterocycles. The van der Waals surface area contributed by atoms with Gasteiger partial charge in [-0.05, 0) is 13.0 Å². The molecule has 0 aliphatic heterocycles. The third kappa shape index (κ3) is 3.12. The van der Waals surface area contributed by atoms with Gasteiger partial charge in [0.2, 0.25) is 5.88 Å². The molecule has 0 aliphatic carbocycles. The van der Waals surface area contributed by atoms with Crippen LogP contribution in [0, 0.1) is 0 Å². The summed E-state index contributed by atoms with van der Waals surface area (Å²) in [6, 6.07) is 0. The van der Waals surface area contributed by atoms with Gasteiger partial charge in [0.25, 0.3) is 0 Å². The smallest absolute Gasteiger partial charge is 0.211 e. The molecule has 0 saturated carbocycles. The number of nitrogens with zero attached hydrogens (tertiary/aromatic N) is 1. The Labute approximate surface area is 61.4 Å². The van der Waals surface area contributed by atoms with Gasteiger partial charge in [-0.15, -0.1) is 0 Å². The molecule has 0 unspecified atom stereocenters. The van der Waals surface area contributed by atoms with Crippen LogP contribution in [0.5, 0.6) is 0 Å². The van der Waals surface area contributed by atoms with Gasteiger partial charge in [-0.2, -0.15) is 4.99 Å². The summed E-state index contributed by atoms with van der Waals surface area (Å²) >= 11 is 0. The summed E-state index contributed by atoms with van der Waals surface area (Å²) < 4.78 is 9.68. The van der Waals surface area contributed by atoms with Crippen LogP contribution >= 0.6 is 0 Å². The van der Waals surface area contributed by atoms with Gasteiger partial charge < -0.3 is 9.47 Å². The molecule has 58 valence electrons. The van der Waals surface area contributed by atoms with Crippen molar-refractivity contribution in [1.29, 1.82) is 0 Å². The Balaban J connectivity index is 4.08. The van der Waals surface area contributed by atoms with Crippen LogP contribution in [0.2, 0.25) is 0 Å². The molecule has 0 amide bonds. The lowest BCUT2D eigenvalue weighted by molar-refractivity contribution is 0.283. The van der Waals surface area contributed by atoms with E-state index in [0.29, 0.717) is 11.8 Å². The van der Waals surface area contributed by atoms with E-state index in [2.05, 4.69) is 4.99 Å². The number of aliphatic imine (C=N–C) groups is 1. The fourth-order valence-electron chi connectivity index (χ4n) is 0.429. The number of rotatable bonds is 2. The van der Waals surface area contributed by atoms with Crippen LogP contribution in [-0.2, 0) is 9.47 Å². The molecule has 3 heteroatoms. The molecule has 0 spiro atoms. The van der Waals surface area contributed by atoms with Crippen LogP contribution < -0.4 is 0 Å². The molecule has 0 radical (unpaired) electrons. The Bertz CT molecular complexity index is 150. The van der Waals surface area contributed by atoms with E-state index < -0.39 is 0 Å². The first-order valence-electron chi connectivity index (χ1n) is 3.04. The Kier molecular flexibility index (Phi) is 4.37. The van der Waals surface area contributed by atoms with Gasteiger partial charge >= 0.3 is 0 Å². The number of methoxy groups -OCH3 is 2. The van der Waals surface area contributed by atoms with Crippen molar-refractivity contribution in [2.75, 3.05) is 14.2 Å². The molecule has 0 N–H and O–H groups in total.